The summed E-state index contributed by atoms with van der Waals surface area (Å²) in [6.07, 6.45) is -0.267. The number of ether oxygens (including phenoxy) is 1. The van der Waals surface area contributed by atoms with E-state index in [-0.39, 0.29) is 12.8 Å². The zero-order valence-corrected chi connectivity index (χ0v) is 14.4. The van der Waals surface area contributed by atoms with Gasteiger partial charge in [-0.05, 0) is 12.8 Å². The number of amides is 1. The van der Waals surface area contributed by atoms with Crippen LogP contribution >= 0.6 is 0 Å². The first kappa shape index (κ1) is 19.3. The number of rotatable bonds is 5. The molecular formula is C18H23F2NO4. The molecule has 0 bridgehead atoms. The molecular weight excluding hydrogens is 332 g/mol. The Bertz CT molecular complexity index is 613. The van der Waals surface area contributed by atoms with Crippen molar-refractivity contribution < 1.29 is 28.2 Å². The van der Waals surface area contributed by atoms with E-state index in [1.54, 1.807) is 18.2 Å². The first-order valence-electron chi connectivity index (χ1n) is 8.26. The van der Waals surface area contributed by atoms with Crippen molar-refractivity contribution in [1.29, 1.82) is 0 Å². The van der Waals surface area contributed by atoms with E-state index < -0.39 is 29.5 Å². The van der Waals surface area contributed by atoms with Gasteiger partial charge in [0.05, 0.1) is 0 Å². The van der Waals surface area contributed by atoms with Crippen LogP contribution in [0.2, 0.25) is 0 Å². The Kier molecular flexibility index (Phi) is 5.77. The molecule has 1 aromatic rings. The Hall–Kier alpha value is -2.02. The van der Waals surface area contributed by atoms with E-state index in [4.69, 9.17) is 4.74 Å². The topological polar surface area (TPSA) is 66.8 Å². The number of hydrogen-bond acceptors (Lipinski definition) is 4. The average molecular weight is 355 g/mol. The highest BCUT2D eigenvalue weighted by Gasteiger charge is 2.60. The first-order chi connectivity index (χ1) is 11.7. The lowest BCUT2D eigenvalue weighted by Crippen LogP contribution is -2.55. The molecule has 1 aliphatic carbocycles. The van der Waals surface area contributed by atoms with E-state index in [0.29, 0.717) is 18.4 Å². The summed E-state index contributed by atoms with van der Waals surface area (Å²) >= 11 is 0. The molecule has 5 nitrogen and oxygen atoms in total. The number of benzene rings is 1. The van der Waals surface area contributed by atoms with Crippen molar-refractivity contribution in [3.8, 4) is 0 Å². The molecule has 0 radical (unpaired) electrons. The molecule has 2 rings (SSSR count). The second kappa shape index (κ2) is 7.47. The summed E-state index contributed by atoms with van der Waals surface area (Å²) in [5, 5.41) is 10.3. The van der Waals surface area contributed by atoms with Gasteiger partial charge in [0.15, 0.2) is 0 Å². The molecule has 0 spiro atoms. The molecule has 1 aromatic carbocycles. The van der Waals surface area contributed by atoms with Crippen LogP contribution in [-0.2, 0) is 14.3 Å². The molecule has 1 aliphatic rings. The maximum atomic E-state index is 14.6. The summed E-state index contributed by atoms with van der Waals surface area (Å²) < 4.78 is 34.1. The van der Waals surface area contributed by atoms with E-state index in [9.17, 15) is 23.5 Å². The summed E-state index contributed by atoms with van der Waals surface area (Å²) in [4.78, 5) is 25.6. The normalized spacial score (nSPS) is 18.3. The van der Waals surface area contributed by atoms with Crippen molar-refractivity contribution >= 4 is 11.9 Å². The molecule has 0 aliphatic heterocycles. The lowest BCUT2D eigenvalue weighted by atomic mass is 9.80. The van der Waals surface area contributed by atoms with Crippen molar-refractivity contribution in [3.63, 3.8) is 0 Å². The van der Waals surface area contributed by atoms with Gasteiger partial charge in [-0.15, -0.1) is 0 Å². The van der Waals surface area contributed by atoms with E-state index in [2.05, 4.69) is 0 Å². The molecule has 7 heteroatoms. The maximum Gasteiger partial charge on any atom is 0.381 e. The molecule has 0 saturated heterocycles. The van der Waals surface area contributed by atoms with Gasteiger partial charge in [0, 0.05) is 19.7 Å². The highest BCUT2D eigenvalue weighted by molar-refractivity contribution is 5.87. The van der Waals surface area contributed by atoms with Gasteiger partial charge in [-0.3, -0.25) is 4.79 Å². The molecule has 1 saturated carbocycles. The molecule has 1 amide bonds. The third kappa shape index (κ3) is 3.98. The summed E-state index contributed by atoms with van der Waals surface area (Å²) in [6.45, 7) is 0. The average Bonchev–Trinajstić information content (AvgIpc) is 2.60. The molecule has 138 valence electrons. The minimum Gasteiger partial charge on any atom is -0.443 e. The number of aliphatic hydroxyl groups is 1. The number of halogens is 2. The fourth-order valence-corrected chi connectivity index (χ4v) is 2.95. The van der Waals surface area contributed by atoms with Gasteiger partial charge in [0.1, 0.15) is 5.60 Å². The predicted molar refractivity (Wildman–Crippen MR) is 87.0 cm³/mol. The number of carbonyl (C=O) groups is 2. The summed E-state index contributed by atoms with van der Waals surface area (Å²) in [6, 6.07) is 7.97. The van der Waals surface area contributed by atoms with E-state index in [0.717, 1.165) is 6.42 Å². The lowest BCUT2D eigenvalue weighted by Gasteiger charge is -2.37. The molecule has 1 N–H and O–H groups in total. The van der Waals surface area contributed by atoms with Gasteiger partial charge in [-0.25, -0.2) is 4.79 Å². The van der Waals surface area contributed by atoms with Crippen molar-refractivity contribution in [2.75, 3.05) is 14.1 Å². The fourth-order valence-electron chi connectivity index (χ4n) is 2.95. The zero-order chi connectivity index (χ0) is 18.7. The van der Waals surface area contributed by atoms with Gasteiger partial charge < -0.3 is 14.7 Å². The van der Waals surface area contributed by atoms with Gasteiger partial charge in [-0.2, -0.15) is 8.78 Å². The summed E-state index contributed by atoms with van der Waals surface area (Å²) in [5.41, 5.74) is -2.13. The van der Waals surface area contributed by atoms with Crippen molar-refractivity contribution in [1.82, 2.24) is 4.90 Å². The third-order valence-corrected chi connectivity index (χ3v) is 4.51. The SMILES string of the molecule is CN(C)C(=O)C(OC(=O)C(F)(F)C1(O)CCCCC1)c1ccccc1. The van der Waals surface area contributed by atoms with Crippen LogP contribution in [0.25, 0.3) is 0 Å². The van der Waals surface area contributed by atoms with Gasteiger partial charge in [0.25, 0.3) is 5.91 Å². The Balaban J connectivity index is 2.25. The fraction of sp³-hybridized carbons (Fsp3) is 0.556. The van der Waals surface area contributed by atoms with E-state index >= 15 is 0 Å². The largest absolute Gasteiger partial charge is 0.443 e. The molecule has 1 unspecified atom stereocenters. The van der Waals surface area contributed by atoms with Crippen molar-refractivity contribution in [2.45, 2.75) is 49.7 Å². The van der Waals surface area contributed by atoms with Gasteiger partial charge >= 0.3 is 11.9 Å². The number of nitrogens with zero attached hydrogens (tertiary/aromatic N) is 1. The standard InChI is InChI=1S/C18H23F2NO4/c1-21(2)15(22)14(13-9-5-3-6-10-13)25-16(23)18(19,20)17(24)11-7-4-8-12-17/h3,5-6,9-10,14,24H,4,7-8,11-12H2,1-2H3. The van der Waals surface area contributed by atoms with Crippen LogP contribution < -0.4 is 0 Å². The number of carbonyl (C=O) groups excluding carboxylic acids is 2. The first-order valence-corrected chi connectivity index (χ1v) is 8.26. The van der Waals surface area contributed by atoms with Crippen molar-refractivity contribution in [2.24, 2.45) is 0 Å². The zero-order valence-electron chi connectivity index (χ0n) is 14.4. The number of hydrogen-bond donors (Lipinski definition) is 1. The second-order valence-corrected chi connectivity index (χ2v) is 6.60. The highest BCUT2D eigenvalue weighted by Crippen LogP contribution is 2.42. The van der Waals surface area contributed by atoms with Crippen LogP contribution in [-0.4, -0.2) is 47.5 Å². The van der Waals surface area contributed by atoms with Crippen LogP contribution in [0.5, 0.6) is 0 Å². The number of esters is 1. The molecule has 25 heavy (non-hydrogen) atoms. The van der Waals surface area contributed by atoms with Crippen LogP contribution in [0.3, 0.4) is 0 Å². The second-order valence-electron chi connectivity index (χ2n) is 6.60. The summed E-state index contributed by atoms with van der Waals surface area (Å²) in [5.74, 6) is -6.58. The highest BCUT2D eigenvalue weighted by atomic mass is 19.3. The Morgan fingerprint density at radius 2 is 1.72 bits per heavy atom. The van der Waals surface area contributed by atoms with Crippen LogP contribution in [0.15, 0.2) is 30.3 Å². The molecule has 0 heterocycles. The number of alkyl halides is 2. The van der Waals surface area contributed by atoms with Crippen LogP contribution in [0.1, 0.15) is 43.8 Å². The maximum absolute atomic E-state index is 14.6. The predicted octanol–water partition coefficient (Wildman–Crippen LogP) is 2.69. The van der Waals surface area contributed by atoms with E-state index in [1.165, 1.54) is 31.1 Å². The van der Waals surface area contributed by atoms with Crippen LogP contribution in [0, 0.1) is 0 Å². The minimum atomic E-state index is -4.08. The molecule has 0 aromatic heterocycles. The Labute approximate surface area is 145 Å². The lowest BCUT2D eigenvalue weighted by molar-refractivity contribution is -0.225. The Morgan fingerprint density at radius 3 is 2.24 bits per heavy atom. The molecule has 1 fully saturated rings. The Morgan fingerprint density at radius 1 is 1.16 bits per heavy atom. The van der Waals surface area contributed by atoms with Gasteiger partial charge in [0.2, 0.25) is 6.10 Å². The summed E-state index contributed by atoms with van der Waals surface area (Å²) in [7, 11) is 2.89. The van der Waals surface area contributed by atoms with Gasteiger partial charge in [-0.1, -0.05) is 49.6 Å². The smallest absolute Gasteiger partial charge is 0.381 e. The third-order valence-electron chi connectivity index (χ3n) is 4.51. The van der Waals surface area contributed by atoms with E-state index in [1.807, 2.05) is 0 Å². The monoisotopic (exact) mass is 355 g/mol. The molecule has 1 atom stereocenters. The van der Waals surface area contributed by atoms with Crippen LogP contribution in [0.4, 0.5) is 8.78 Å². The van der Waals surface area contributed by atoms with Crippen molar-refractivity contribution in [3.05, 3.63) is 35.9 Å². The quantitative estimate of drug-likeness (QED) is 0.825. The number of likely N-dealkylation sites (N-methyl/N-ethyl adjacent to an activating group) is 1. The minimum absolute atomic E-state index is 0.174.